The number of amides is 1. The molecule has 23 heavy (non-hydrogen) atoms. The van der Waals surface area contributed by atoms with Gasteiger partial charge in [0.25, 0.3) is 0 Å². The Morgan fingerprint density at radius 3 is 2.13 bits per heavy atom. The minimum atomic E-state index is -0.960. The van der Waals surface area contributed by atoms with E-state index in [2.05, 4.69) is 36.5 Å². The molecule has 0 heterocycles. The highest BCUT2D eigenvalue weighted by Crippen LogP contribution is 2.10. The van der Waals surface area contributed by atoms with E-state index in [0.717, 1.165) is 25.7 Å². The monoisotopic (exact) mass is 319 g/mol. The molecule has 4 nitrogen and oxygen atoms in total. The molecule has 2 N–H and O–H groups in total. The van der Waals surface area contributed by atoms with Gasteiger partial charge in [-0.15, -0.1) is 0 Å². The molecule has 1 aromatic carbocycles. The average Bonchev–Trinajstić information content (AvgIpc) is 2.48. The van der Waals surface area contributed by atoms with E-state index in [9.17, 15) is 9.59 Å². The van der Waals surface area contributed by atoms with Crippen molar-refractivity contribution in [2.24, 2.45) is 5.92 Å². The summed E-state index contributed by atoms with van der Waals surface area (Å²) in [5.41, 5.74) is 2.56. The van der Waals surface area contributed by atoms with Crippen LogP contribution in [0.2, 0.25) is 0 Å². The summed E-state index contributed by atoms with van der Waals surface area (Å²) < 4.78 is 0. The highest BCUT2D eigenvalue weighted by molar-refractivity contribution is 5.83. The maximum absolute atomic E-state index is 11.9. The normalized spacial score (nSPS) is 12.2. The van der Waals surface area contributed by atoms with Gasteiger partial charge in [0.1, 0.15) is 6.04 Å². The lowest BCUT2D eigenvalue weighted by atomic mass is 10.0. The van der Waals surface area contributed by atoms with Crippen molar-refractivity contribution in [2.45, 2.75) is 65.3 Å². The fourth-order valence-corrected chi connectivity index (χ4v) is 2.57. The molecule has 1 rings (SSSR count). The van der Waals surface area contributed by atoms with E-state index in [1.165, 1.54) is 11.1 Å². The largest absolute Gasteiger partial charge is 0.480 e. The Morgan fingerprint density at radius 2 is 1.65 bits per heavy atom. The number of rotatable bonds is 10. The molecule has 0 spiro atoms. The minimum absolute atomic E-state index is 0.180. The van der Waals surface area contributed by atoms with Gasteiger partial charge in [-0.1, -0.05) is 51.5 Å². The van der Waals surface area contributed by atoms with Crippen molar-refractivity contribution in [1.29, 1.82) is 0 Å². The highest BCUT2D eigenvalue weighted by Gasteiger charge is 2.20. The van der Waals surface area contributed by atoms with Crippen LogP contribution in [-0.4, -0.2) is 23.0 Å². The van der Waals surface area contributed by atoms with E-state index in [1.807, 2.05) is 13.8 Å². The third-order valence-electron chi connectivity index (χ3n) is 3.77. The van der Waals surface area contributed by atoms with Crippen LogP contribution in [0.4, 0.5) is 0 Å². The number of carboxylic acid groups (broad SMARTS) is 1. The number of carbonyl (C=O) groups is 2. The molecule has 1 unspecified atom stereocenters. The molecule has 0 saturated carbocycles. The molecule has 0 aliphatic heterocycles. The van der Waals surface area contributed by atoms with Crippen LogP contribution in [0, 0.1) is 5.92 Å². The summed E-state index contributed by atoms with van der Waals surface area (Å²) in [6.07, 6.45) is 4.61. The lowest BCUT2D eigenvalue weighted by Crippen LogP contribution is -2.41. The van der Waals surface area contributed by atoms with Gasteiger partial charge in [-0.05, 0) is 42.7 Å². The predicted octanol–water partition coefficient (Wildman–Crippen LogP) is 3.58. The van der Waals surface area contributed by atoms with E-state index in [0.29, 0.717) is 12.8 Å². The second-order valence-electron chi connectivity index (χ2n) is 6.51. The molecule has 0 bridgehead atoms. The Bertz CT molecular complexity index is 494. The Balaban J connectivity index is 2.36. The van der Waals surface area contributed by atoms with Gasteiger partial charge >= 0.3 is 5.97 Å². The quantitative estimate of drug-likeness (QED) is 0.693. The zero-order valence-electron chi connectivity index (χ0n) is 14.5. The van der Waals surface area contributed by atoms with Crippen LogP contribution in [0.25, 0.3) is 0 Å². The highest BCUT2D eigenvalue weighted by atomic mass is 16.4. The van der Waals surface area contributed by atoms with E-state index >= 15 is 0 Å². The summed E-state index contributed by atoms with van der Waals surface area (Å²) in [5, 5.41) is 11.8. The van der Waals surface area contributed by atoms with E-state index in [4.69, 9.17) is 5.11 Å². The number of nitrogens with one attached hydrogen (secondary N) is 1. The van der Waals surface area contributed by atoms with E-state index in [1.54, 1.807) is 0 Å². The number of carboxylic acids is 1. The van der Waals surface area contributed by atoms with Crippen molar-refractivity contribution in [3.05, 3.63) is 35.4 Å². The van der Waals surface area contributed by atoms with Crippen molar-refractivity contribution < 1.29 is 14.7 Å². The first-order valence-corrected chi connectivity index (χ1v) is 8.52. The van der Waals surface area contributed by atoms with Gasteiger partial charge in [0.15, 0.2) is 0 Å². The van der Waals surface area contributed by atoms with E-state index in [-0.39, 0.29) is 11.8 Å². The topological polar surface area (TPSA) is 66.4 Å². The fourth-order valence-electron chi connectivity index (χ4n) is 2.57. The SMILES string of the molecule is CCCc1ccc(CCCC(=O)NC(CC(C)C)C(=O)O)cc1. The third kappa shape index (κ3) is 7.82. The van der Waals surface area contributed by atoms with Crippen LogP contribution in [0.15, 0.2) is 24.3 Å². The van der Waals surface area contributed by atoms with Gasteiger partial charge in [-0.3, -0.25) is 4.79 Å². The number of hydrogen-bond acceptors (Lipinski definition) is 2. The Hall–Kier alpha value is -1.84. The van der Waals surface area contributed by atoms with Gasteiger partial charge in [0.05, 0.1) is 0 Å². The summed E-state index contributed by atoms with van der Waals surface area (Å²) >= 11 is 0. The molecule has 128 valence electrons. The standard InChI is InChI=1S/C19H29NO3/c1-4-6-15-9-11-16(12-10-15)7-5-8-18(21)20-17(19(22)23)13-14(2)3/h9-12,14,17H,4-8,13H2,1-3H3,(H,20,21)(H,22,23). The second-order valence-corrected chi connectivity index (χ2v) is 6.51. The Kier molecular flexibility index (Phi) is 8.38. The van der Waals surface area contributed by atoms with Gasteiger partial charge < -0.3 is 10.4 Å². The van der Waals surface area contributed by atoms with Crippen molar-refractivity contribution in [1.82, 2.24) is 5.32 Å². The molecule has 4 heteroatoms. The van der Waals surface area contributed by atoms with Gasteiger partial charge in [0, 0.05) is 6.42 Å². The van der Waals surface area contributed by atoms with Crippen molar-refractivity contribution in [3.8, 4) is 0 Å². The molecule has 1 atom stereocenters. The summed E-state index contributed by atoms with van der Waals surface area (Å²) in [4.78, 5) is 23.0. The van der Waals surface area contributed by atoms with Crippen molar-refractivity contribution in [2.75, 3.05) is 0 Å². The fraction of sp³-hybridized carbons (Fsp3) is 0.579. The maximum atomic E-state index is 11.9. The van der Waals surface area contributed by atoms with Gasteiger partial charge in [0.2, 0.25) is 5.91 Å². The molecule has 1 amide bonds. The average molecular weight is 319 g/mol. The minimum Gasteiger partial charge on any atom is -0.480 e. The van der Waals surface area contributed by atoms with Crippen molar-refractivity contribution in [3.63, 3.8) is 0 Å². The van der Waals surface area contributed by atoms with Crippen LogP contribution in [0.1, 0.15) is 57.6 Å². The first kappa shape index (κ1) is 19.2. The van der Waals surface area contributed by atoms with Gasteiger partial charge in [-0.2, -0.15) is 0 Å². The van der Waals surface area contributed by atoms with Crippen LogP contribution < -0.4 is 5.32 Å². The summed E-state index contributed by atoms with van der Waals surface area (Å²) in [5.74, 6) is -0.905. The summed E-state index contributed by atoms with van der Waals surface area (Å²) in [6.45, 7) is 6.06. The van der Waals surface area contributed by atoms with Crippen LogP contribution in [0.3, 0.4) is 0 Å². The molecule has 0 radical (unpaired) electrons. The zero-order valence-corrected chi connectivity index (χ0v) is 14.5. The van der Waals surface area contributed by atoms with E-state index < -0.39 is 12.0 Å². The number of aryl methyl sites for hydroxylation is 2. The van der Waals surface area contributed by atoms with Gasteiger partial charge in [-0.25, -0.2) is 4.79 Å². The lowest BCUT2D eigenvalue weighted by molar-refractivity contribution is -0.142. The first-order chi connectivity index (χ1) is 10.9. The summed E-state index contributed by atoms with van der Waals surface area (Å²) in [6, 6.07) is 7.73. The Labute approximate surface area is 139 Å². The molecular weight excluding hydrogens is 290 g/mol. The zero-order chi connectivity index (χ0) is 17.2. The molecule has 0 aliphatic carbocycles. The Morgan fingerprint density at radius 1 is 1.09 bits per heavy atom. The van der Waals surface area contributed by atoms with Crippen LogP contribution in [0.5, 0.6) is 0 Å². The van der Waals surface area contributed by atoms with Crippen molar-refractivity contribution >= 4 is 11.9 Å². The molecular formula is C19H29NO3. The van der Waals surface area contributed by atoms with Crippen LogP contribution in [-0.2, 0) is 22.4 Å². The third-order valence-corrected chi connectivity index (χ3v) is 3.77. The summed E-state index contributed by atoms with van der Waals surface area (Å²) in [7, 11) is 0. The number of hydrogen-bond donors (Lipinski definition) is 2. The predicted molar refractivity (Wildman–Crippen MR) is 92.4 cm³/mol. The molecule has 0 fully saturated rings. The smallest absolute Gasteiger partial charge is 0.326 e. The number of benzene rings is 1. The first-order valence-electron chi connectivity index (χ1n) is 8.52. The maximum Gasteiger partial charge on any atom is 0.326 e. The van der Waals surface area contributed by atoms with Crippen LogP contribution >= 0.6 is 0 Å². The molecule has 0 aliphatic rings. The molecule has 1 aromatic rings. The molecule has 0 saturated heterocycles. The molecule has 0 aromatic heterocycles. The second kappa shape index (κ2) is 10.0. The number of aliphatic carboxylic acids is 1. The lowest BCUT2D eigenvalue weighted by Gasteiger charge is -2.16. The number of carbonyl (C=O) groups excluding carboxylic acids is 1.